The number of alkyl halides is 1. The molecule has 2 rings (SSSR count). The topological polar surface area (TPSA) is 54.4 Å². The Morgan fingerprint density at radius 1 is 1.05 bits per heavy atom. The van der Waals surface area contributed by atoms with Crippen molar-refractivity contribution in [3.05, 3.63) is 66.2 Å². The maximum atomic E-state index is 12.8. The van der Waals surface area contributed by atoms with Crippen molar-refractivity contribution in [2.75, 3.05) is 0 Å². The molecule has 0 aliphatic rings. The van der Waals surface area contributed by atoms with Gasteiger partial charge in [0.25, 0.3) is 0 Å². The molecule has 0 amide bonds. The van der Waals surface area contributed by atoms with Gasteiger partial charge in [0, 0.05) is 0 Å². The van der Waals surface area contributed by atoms with E-state index in [1.165, 1.54) is 12.1 Å². The molecule has 0 fully saturated rings. The van der Waals surface area contributed by atoms with Crippen LogP contribution in [0, 0.1) is 0 Å². The summed E-state index contributed by atoms with van der Waals surface area (Å²) < 4.78 is 23.8. The van der Waals surface area contributed by atoms with Gasteiger partial charge in [0.2, 0.25) is 9.84 Å². The van der Waals surface area contributed by atoms with E-state index in [1.54, 1.807) is 55.5 Å². The fourth-order valence-corrected chi connectivity index (χ4v) is 4.32. The quantitative estimate of drug-likeness (QED) is 0.856. The van der Waals surface area contributed by atoms with Gasteiger partial charge in [-0.15, -0.1) is 0 Å². The molecule has 0 heterocycles. The SMILES string of the molecule is CC[C@](Cl)([C@H](O)c1ccccc1)S(=O)(=O)c1ccccc1. The van der Waals surface area contributed by atoms with Crippen LogP contribution in [0.3, 0.4) is 0 Å². The van der Waals surface area contributed by atoms with E-state index in [0.717, 1.165) is 0 Å². The Kier molecular flexibility index (Phi) is 4.71. The van der Waals surface area contributed by atoms with Crippen LogP contribution in [-0.2, 0) is 9.84 Å². The third-order valence-corrected chi connectivity index (χ3v) is 6.89. The molecule has 0 saturated heterocycles. The Balaban J connectivity index is 2.51. The highest BCUT2D eigenvalue weighted by atomic mass is 35.5. The first-order valence-corrected chi connectivity index (χ1v) is 8.51. The lowest BCUT2D eigenvalue weighted by molar-refractivity contribution is 0.154. The van der Waals surface area contributed by atoms with Crippen LogP contribution in [0.4, 0.5) is 0 Å². The second-order valence-electron chi connectivity index (χ2n) is 4.77. The molecule has 1 N–H and O–H groups in total. The zero-order chi connectivity index (χ0) is 15.5. The summed E-state index contributed by atoms with van der Waals surface area (Å²) in [6.07, 6.45) is -1.22. The van der Waals surface area contributed by atoms with Crippen molar-refractivity contribution in [2.45, 2.75) is 28.6 Å². The molecule has 2 aromatic rings. The summed E-state index contributed by atoms with van der Waals surface area (Å²) in [4.78, 5) is 0.108. The van der Waals surface area contributed by atoms with Gasteiger partial charge in [0.15, 0.2) is 4.21 Å². The molecule has 0 spiro atoms. The fraction of sp³-hybridized carbons (Fsp3) is 0.250. The smallest absolute Gasteiger partial charge is 0.200 e. The second-order valence-corrected chi connectivity index (χ2v) is 7.87. The molecule has 5 heteroatoms. The summed E-state index contributed by atoms with van der Waals surface area (Å²) in [5, 5.41) is 10.5. The van der Waals surface area contributed by atoms with E-state index < -0.39 is 20.1 Å². The van der Waals surface area contributed by atoms with Crippen LogP contribution >= 0.6 is 11.6 Å². The molecule has 2 aromatic carbocycles. The number of aliphatic hydroxyl groups excluding tert-OH is 1. The van der Waals surface area contributed by atoms with Gasteiger partial charge in [-0.25, -0.2) is 8.42 Å². The van der Waals surface area contributed by atoms with Crippen LogP contribution in [0.2, 0.25) is 0 Å². The highest BCUT2D eigenvalue weighted by Crippen LogP contribution is 2.43. The summed E-state index contributed by atoms with van der Waals surface area (Å²) >= 11 is 6.40. The number of aliphatic hydroxyl groups is 1. The largest absolute Gasteiger partial charge is 0.385 e. The number of sulfone groups is 1. The molecule has 3 nitrogen and oxygen atoms in total. The first-order chi connectivity index (χ1) is 9.93. The molecule has 0 aliphatic heterocycles. The normalized spacial score (nSPS) is 16.1. The average Bonchev–Trinajstić information content (AvgIpc) is 2.54. The third-order valence-electron chi connectivity index (χ3n) is 3.51. The molecule has 0 radical (unpaired) electrons. The van der Waals surface area contributed by atoms with Gasteiger partial charge in [0.1, 0.15) is 6.10 Å². The number of hydrogen-bond donors (Lipinski definition) is 1. The van der Waals surface area contributed by atoms with Crippen LogP contribution in [0.5, 0.6) is 0 Å². The van der Waals surface area contributed by atoms with Crippen LogP contribution in [0.15, 0.2) is 65.6 Å². The molecule has 0 unspecified atom stereocenters. The minimum absolute atomic E-state index is 0.0852. The molecular weight excluding hydrogens is 308 g/mol. The zero-order valence-electron chi connectivity index (χ0n) is 11.6. The van der Waals surface area contributed by atoms with Crippen molar-refractivity contribution < 1.29 is 13.5 Å². The maximum Gasteiger partial charge on any atom is 0.200 e. The third kappa shape index (κ3) is 2.84. The lowest BCUT2D eigenvalue weighted by atomic mass is 10.0. The highest BCUT2D eigenvalue weighted by molar-refractivity contribution is 7.94. The van der Waals surface area contributed by atoms with E-state index in [0.29, 0.717) is 5.56 Å². The zero-order valence-corrected chi connectivity index (χ0v) is 13.2. The summed E-state index contributed by atoms with van der Waals surface area (Å²) in [6.45, 7) is 1.65. The van der Waals surface area contributed by atoms with Crippen LogP contribution in [-0.4, -0.2) is 17.7 Å². The number of rotatable bonds is 5. The Labute approximate surface area is 130 Å². The first kappa shape index (κ1) is 16.0. The molecule has 0 saturated carbocycles. The van der Waals surface area contributed by atoms with Gasteiger partial charge < -0.3 is 5.11 Å². The van der Waals surface area contributed by atoms with Crippen LogP contribution < -0.4 is 0 Å². The van der Waals surface area contributed by atoms with E-state index in [4.69, 9.17) is 11.6 Å². The summed E-state index contributed by atoms with van der Waals surface area (Å²) in [6, 6.07) is 16.6. The minimum Gasteiger partial charge on any atom is -0.385 e. The molecule has 112 valence electrons. The van der Waals surface area contributed by atoms with E-state index >= 15 is 0 Å². The molecule has 0 bridgehead atoms. The fourth-order valence-electron chi connectivity index (χ4n) is 2.21. The molecule has 2 atom stereocenters. The van der Waals surface area contributed by atoms with Crippen molar-refractivity contribution in [2.24, 2.45) is 0 Å². The van der Waals surface area contributed by atoms with E-state index in [1.807, 2.05) is 0 Å². The lowest BCUT2D eigenvalue weighted by Crippen LogP contribution is -2.38. The van der Waals surface area contributed by atoms with Gasteiger partial charge in [-0.2, -0.15) is 0 Å². The van der Waals surface area contributed by atoms with Crippen LogP contribution in [0.25, 0.3) is 0 Å². The standard InChI is InChI=1S/C16H17ClO3S/c1-2-16(17,15(18)13-9-5-3-6-10-13)21(19,20)14-11-7-4-8-12-14/h3-12,15,18H,2H2,1H3/t15-,16-/m1/s1. The van der Waals surface area contributed by atoms with Crippen molar-refractivity contribution >= 4 is 21.4 Å². The molecule has 0 aromatic heterocycles. The van der Waals surface area contributed by atoms with Crippen molar-refractivity contribution in [1.29, 1.82) is 0 Å². The lowest BCUT2D eigenvalue weighted by Gasteiger charge is -2.31. The average molecular weight is 325 g/mol. The first-order valence-electron chi connectivity index (χ1n) is 6.65. The summed E-state index contributed by atoms with van der Waals surface area (Å²) in [5.41, 5.74) is 0.480. The molecular formula is C16H17ClO3S. The summed E-state index contributed by atoms with van der Waals surface area (Å²) in [7, 11) is -3.88. The van der Waals surface area contributed by atoms with Gasteiger partial charge >= 0.3 is 0 Å². The molecule has 21 heavy (non-hydrogen) atoms. The monoisotopic (exact) mass is 324 g/mol. The van der Waals surface area contributed by atoms with Gasteiger partial charge in [-0.05, 0) is 24.1 Å². The Bertz CT molecular complexity index is 686. The minimum atomic E-state index is -3.88. The van der Waals surface area contributed by atoms with Crippen molar-refractivity contribution in [3.8, 4) is 0 Å². The molecule has 0 aliphatic carbocycles. The van der Waals surface area contributed by atoms with E-state index in [-0.39, 0.29) is 11.3 Å². The second kappa shape index (κ2) is 6.18. The van der Waals surface area contributed by atoms with Gasteiger partial charge in [-0.3, -0.25) is 0 Å². The number of hydrogen-bond acceptors (Lipinski definition) is 3. The van der Waals surface area contributed by atoms with E-state index in [2.05, 4.69) is 0 Å². The predicted octanol–water partition coefficient (Wildman–Crippen LogP) is 3.54. The van der Waals surface area contributed by atoms with Gasteiger partial charge in [-0.1, -0.05) is 67.1 Å². The van der Waals surface area contributed by atoms with Crippen LogP contribution in [0.1, 0.15) is 25.0 Å². The van der Waals surface area contributed by atoms with Gasteiger partial charge in [0.05, 0.1) is 4.90 Å². The summed E-state index contributed by atoms with van der Waals surface area (Å²) in [5.74, 6) is 0. The Hall–Kier alpha value is -1.36. The van der Waals surface area contributed by atoms with Crippen molar-refractivity contribution in [3.63, 3.8) is 0 Å². The Morgan fingerprint density at radius 3 is 2.00 bits per heavy atom. The Morgan fingerprint density at radius 2 is 1.52 bits per heavy atom. The number of benzene rings is 2. The van der Waals surface area contributed by atoms with E-state index in [9.17, 15) is 13.5 Å². The maximum absolute atomic E-state index is 12.8. The number of halogens is 1. The highest BCUT2D eigenvalue weighted by Gasteiger charge is 2.48. The predicted molar refractivity (Wildman–Crippen MR) is 83.9 cm³/mol. The van der Waals surface area contributed by atoms with Crippen molar-refractivity contribution in [1.82, 2.24) is 0 Å².